The molecule has 1 aliphatic rings. The normalized spacial score (nSPS) is 15.6. The SMILES string of the molecule is CCOc1cc([C@H]2c3c(-c4ccccc4O)n[nH]c3C(=O)N2CCO)ccc1O. The van der Waals surface area contributed by atoms with E-state index >= 15 is 0 Å². The number of carbonyl (C=O) groups excluding carboxylic acids is 1. The number of aliphatic hydroxyl groups excluding tert-OH is 1. The van der Waals surface area contributed by atoms with Gasteiger partial charge in [-0.05, 0) is 36.8 Å². The minimum Gasteiger partial charge on any atom is -0.507 e. The quantitative estimate of drug-likeness (QED) is 0.509. The van der Waals surface area contributed by atoms with Crippen LogP contribution in [0.3, 0.4) is 0 Å². The Morgan fingerprint density at radius 1 is 1.17 bits per heavy atom. The Labute approximate surface area is 167 Å². The van der Waals surface area contributed by atoms with Crippen molar-refractivity contribution < 1.29 is 24.9 Å². The zero-order valence-corrected chi connectivity index (χ0v) is 15.8. The molecule has 0 saturated heterocycles. The highest BCUT2D eigenvalue weighted by Gasteiger charge is 2.42. The number of nitrogens with zero attached hydrogens (tertiary/aromatic N) is 2. The van der Waals surface area contributed by atoms with Gasteiger partial charge in [0.2, 0.25) is 0 Å². The molecule has 2 heterocycles. The minimum absolute atomic E-state index is 0.00183. The number of benzene rings is 2. The van der Waals surface area contributed by atoms with Crippen molar-refractivity contribution >= 4 is 5.91 Å². The lowest BCUT2D eigenvalue weighted by atomic mass is 9.95. The lowest BCUT2D eigenvalue weighted by Crippen LogP contribution is -2.32. The lowest BCUT2D eigenvalue weighted by Gasteiger charge is -2.26. The first-order chi connectivity index (χ1) is 14.1. The van der Waals surface area contributed by atoms with Crippen LogP contribution < -0.4 is 4.74 Å². The molecule has 3 aromatic rings. The smallest absolute Gasteiger partial charge is 0.273 e. The van der Waals surface area contributed by atoms with Crippen LogP contribution in [0.1, 0.15) is 34.6 Å². The fourth-order valence-electron chi connectivity index (χ4n) is 3.73. The number of amides is 1. The zero-order chi connectivity index (χ0) is 20.5. The minimum atomic E-state index is -0.558. The fraction of sp³-hybridized carbons (Fsp3) is 0.238. The number of aromatic hydroxyl groups is 2. The van der Waals surface area contributed by atoms with Crippen molar-refractivity contribution in [3.05, 3.63) is 59.3 Å². The highest BCUT2D eigenvalue weighted by Crippen LogP contribution is 2.45. The molecular formula is C21H21N3O5. The molecule has 1 amide bonds. The first-order valence-corrected chi connectivity index (χ1v) is 9.31. The van der Waals surface area contributed by atoms with Crippen LogP contribution in [-0.4, -0.2) is 56.1 Å². The summed E-state index contributed by atoms with van der Waals surface area (Å²) in [4.78, 5) is 14.5. The number of H-pyrrole nitrogens is 1. The molecule has 4 rings (SSSR count). The molecule has 0 radical (unpaired) electrons. The maximum Gasteiger partial charge on any atom is 0.273 e. The van der Waals surface area contributed by atoms with Crippen LogP contribution in [-0.2, 0) is 0 Å². The Morgan fingerprint density at radius 3 is 2.69 bits per heavy atom. The highest BCUT2D eigenvalue weighted by atomic mass is 16.5. The van der Waals surface area contributed by atoms with E-state index in [9.17, 15) is 20.1 Å². The molecule has 1 atom stereocenters. The van der Waals surface area contributed by atoms with Gasteiger partial charge in [-0.1, -0.05) is 18.2 Å². The fourth-order valence-corrected chi connectivity index (χ4v) is 3.73. The number of carbonyl (C=O) groups is 1. The summed E-state index contributed by atoms with van der Waals surface area (Å²) in [6.45, 7) is 2.11. The summed E-state index contributed by atoms with van der Waals surface area (Å²) < 4.78 is 5.50. The molecular weight excluding hydrogens is 374 g/mol. The van der Waals surface area contributed by atoms with E-state index in [1.807, 2.05) is 6.92 Å². The number of fused-ring (bicyclic) bond motifs is 1. The van der Waals surface area contributed by atoms with Gasteiger partial charge in [0.25, 0.3) is 5.91 Å². The van der Waals surface area contributed by atoms with Crippen molar-refractivity contribution in [1.82, 2.24) is 15.1 Å². The maximum absolute atomic E-state index is 13.0. The lowest BCUT2D eigenvalue weighted by molar-refractivity contribution is 0.0706. The average Bonchev–Trinajstić information content (AvgIpc) is 3.24. The molecule has 8 nitrogen and oxygen atoms in total. The van der Waals surface area contributed by atoms with E-state index < -0.39 is 6.04 Å². The molecule has 1 aliphatic heterocycles. The first-order valence-electron chi connectivity index (χ1n) is 9.31. The molecule has 1 aromatic heterocycles. The van der Waals surface area contributed by atoms with Crippen LogP contribution in [0.15, 0.2) is 42.5 Å². The largest absolute Gasteiger partial charge is 0.507 e. The predicted octanol–water partition coefficient (Wildman–Crippen LogP) is 2.42. The molecule has 29 heavy (non-hydrogen) atoms. The topological polar surface area (TPSA) is 119 Å². The number of β-amino-alcohol motifs (C(OH)–C–C–N with tert-alkyl or cyclic N) is 1. The third kappa shape index (κ3) is 3.07. The van der Waals surface area contributed by atoms with Crippen molar-refractivity contribution in [2.24, 2.45) is 0 Å². The van der Waals surface area contributed by atoms with E-state index in [0.717, 1.165) is 0 Å². The molecule has 0 aliphatic carbocycles. The number of aromatic nitrogens is 2. The predicted molar refractivity (Wildman–Crippen MR) is 105 cm³/mol. The van der Waals surface area contributed by atoms with E-state index in [1.54, 1.807) is 36.4 Å². The van der Waals surface area contributed by atoms with Crippen LogP contribution in [0.4, 0.5) is 0 Å². The summed E-state index contributed by atoms with van der Waals surface area (Å²) in [5.74, 6) is 0.0676. The number of para-hydroxylation sites is 1. The number of rotatable bonds is 6. The van der Waals surface area contributed by atoms with Crippen molar-refractivity contribution in [2.75, 3.05) is 19.8 Å². The van der Waals surface area contributed by atoms with Gasteiger partial charge in [-0.2, -0.15) is 5.10 Å². The number of hydrogen-bond donors (Lipinski definition) is 4. The summed E-state index contributed by atoms with van der Waals surface area (Å²) in [6.07, 6.45) is 0. The summed E-state index contributed by atoms with van der Waals surface area (Å²) in [5.41, 5.74) is 2.58. The molecule has 0 saturated carbocycles. The Bertz CT molecular complexity index is 1060. The highest BCUT2D eigenvalue weighted by molar-refractivity contribution is 6.00. The second-order valence-corrected chi connectivity index (χ2v) is 6.66. The van der Waals surface area contributed by atoms with Gasteiger partial charge in [-0.15, -0.1) is 0 Å². The average molecular weight is 395 g/mol. The third-order valence-electron chi connectivity index (χ3n) is 4.96. The Morgan fingerprint density at radius 2 is 1.97 bits per heavy atom. The number of phenolic OH excluding ortho intramolecular Hbond substituents is 2. The van der Waals surface area contributed by atoms with Gasteiger partial charge in [0.15, 0.2) is 11.5 Å². The van der Waals surface area contributed by atoms with Crippen molar-refractivity contribution in [3.8, 4) is 28.5 Å². The summed E-state index contributed by atoms with van der Waals surface area (Å²) >= 11 is 0. The second kappa shape index (κ2) is 7.48. The third-order valence-corrected chi connectivity index (χ3v) is 4.96. The molecule has 150 valence electrons. The molecule has 4 N–H and O–H groups in total. The van der Waals surface area contributed by atoms with E-state index in [4.69, 9.17) is 4.74 Å². The number of nitrogens with one attached hydrogen (secondary N) is 1. The molecule has 0 unspecified atom stereocenters. The molecule has 0 fully saturated rings. The van der Waals surface area contributed by atoms with Crippen LogP contribution in [0.5, 0.6) is 17.2 Å². The van der Waals surface area contributed by atoms with Crippen molar-refractivity contribution in [2.45, 2.75) is 13.0 Å². The molecule has 0 spiro atoms. The van der Waals surface area contributed by atoms with Gasteiger partial charge >= 0.3 is 0 Å². The van der Waals surface area contributed by atoms with Gasteiger partial charge in [0.1, 0.15) is 17.1 Å². The van der Waals surface area contributed by atoms with E-state index in [0.29, 0.717) is 40.4 Å². The Balaban J connectivity index is 1.90. The maximum atomic E-state index is 13.0. The molecule has 0 bridgehead atoms. The first kappa shape index (κ1) is 18.8. The Kier molecular flexibility index (Phi) is 4.85. The van der Waals surface area contributed by atoms with Crippen molar-refractivity contribution in [3.63, 3.8) is 0 Å². The van der Waals surface area contributed by atoms with E-state index in [1.165, 1.54) is 11.0 Å². The van der Waals surface area contributed by atoms with E-state index in [-0.39, 0.29) is 30.6 Å². The molecule has 8 heteroatoms. The number of aliphatic hydroxyl groups is 1. The standard InChI is InChI=1S/C21H21N3O5/c1-2-29-16-11-12(7-8-15(16)27)20-17-18(13-5-3-4-6-14(13)26)22-23-19(17)21(28)24(20)9-10-25/h3-8,11,20,25-27H,2,9-10H2,1H3,(H,22,23)/t20-/m0/s1. The van der Waals surface area contributed by atoms with Gasteiger partial charge in [0.05, 0.1) is 19.3 Å². The van der Waals surface area contributed by atoms with Gasteiger partial charge in [-0.3, -0.25) is 9.89 Å². The van der Waals surface area contributed by atoms with Crippen LogP contribution in [0.2, 0.25) is 0 Å². The van der Waals surface area contributed by atoms with Gasteiger partial charge < -0.3 is 25.0 Å². The van der Waals surface area contributed by atoms with Crippen LogP contribution in [0.25, 0.3) is 11.3 Å². The second-order valence-electron chi connectivity index (χ2n) is 6.66. The number of aromatic amines is 1. The monoisotopic (exact) mass is 395 g/mol. The summed E-state index contributed by atoms with van der Waals surface area (Å²) in [7, 11) is 0. The van der Waals surface area contributed by atoms with Gasteiger partial charge in [-0.25, -0.2) is 0 Å². The van der Waals surface area contributed by atoms with Crippen molar-refractivity contribution in [1.29, 1.82) is 0 Å². The summed E-state index contributed by atoms with van der Waals surface area (Å²) in [6, 6.07) is 11.1. The van der Waals surface area contributed by atoms with Crippen LogP contribution in [0, 0.1) is 0 Å². The van der Waals surface area contributed by atoms with Crippen LogP contribution >= 0.6 is 0 Å². The Hall–Kier alpha value is -3.52. The number of ether oxygens (including phenoxy) is 1. The van der Waals surface area contributed by atoms with Gasteiger partial charge in [0, 0.05) is 17.7 Å². The number of hydrogen-bond acceptors (Lipinski definition) is 6. The summed E-state index contributed by atoms with van der Waals surface area (Å²) in [5, 5.41) is 37.0. The zero-order valence-electron chi connectivity index (χ0n) is 15.8. The molecule has 2 aromatic carbocycles. The van der Waals surface area contributed by atoms with E-state index in [2.05, 4.69) is 10.2 Å². The number of phenols is 2.